The van der Waals surface area contributed by atoms with Gasteiger partial charge in [-0.1, -0.05) is 12.1 Å². The molecule has 1 fully saturated rings. The second kappa shape index (κ2) is 6.31. The molecule has 1 saturated heterocycles. The lowest BCUT2D eigenvalue weighted by molar-refractivity contribution is 0.150. The van der Waals surface area contributed by atoms with Gasteiger partial charge in [-0.3, -0.25) is 0 Å². The van der Waals surface area contributed by atoms with Crippen molar-refractivity contribution in [2.45, 2.75) is 6.61 Å². The summed E-state index contributed by atoms with van der Waals surface area (Å²) in [4.78, 5) is 12.7. The molecule has 2 rings (SSSR count). The zero-order valence-electron chi connectivity index (χ0n) is 11.9. The summed E-state index contributed by atoms with van der Waals surface area (Å²) in [6.07, 6.45) is 0.437. The Morgan fingerprint density at radius 3 is 2.24 bits per heavy atom. The van der Waals surface area contributed by atoms with E-state index in [2.05, 4.69) is 4.90 Å². The molecule has 0 radical (unpaired) electrons. The number of ether oxygens (including phenoxy) is 1. The summed E-state index contributed by atoms with van der Waals surface area (Å²) < 4.78 is 29.1. The van der Waals surface area contributed by atoms with Crippen LogP contribution in [0.2, 0.25) is 0 Å². The third-order valence-corrected chi connectivity index (χ3v) is 4.69. The van der Waals surface area contributed by atoms with Gasteiger partial charge in [-0.25, -0.2) is 13.2 Å². The zero-order valence-corrected chi connectivity index (χ0v) is 12.7. The number of nitrogens with zero attached hydrogens (tertiary/aromatic N) is 2. The molecule has 8 heteroatoms. The van der Waals surface area contributed by atoms with E-state index in [0.717, 1.165) is 11.3 Å². The van der Waals surface area contributed by atoms with Crippen molar-refractivity contribution in [3.05, 3.63) is 29.8 Å². The molecule has 116 valence electrons. The highest BCUT2D eigenvalue weighted by Gasteiger charge is 2.23. The van der Waals surface area contributed by atoms with Crippen LogP contribution in [0, 0.1) is 0 Å². The summed E-state index contributed by atoms with van der Waals surface area (Å²) in [7, 11) is -3.11. The minimum absolute atomic E-state index is 0.150. The summed E-state index contributed by atoms with van der Waals surface area (Å²) >= 11 is 0. The molecule has 1 amide bonds. The van der Waals surface area contributed by atoms with Crippen LogP contribution in [-0.2, 0) is 21.4 Å². The molecule has 1 aromatic carbocycles. The molecule has 0 bridgehead atoms. The molecule has 7 nitrogen and oxygen atoms in total. The normalized spacial score (nSPS) is 16.7. The summed E-state index contributed by atoms with van der Waals surface area (Å²) in [5, 5.41) is 0. The van der Waals surface area contributed by atoms with Gasteiger partial charge in [0.25, 0.3) is 0 Å². The summed E-state index contributed by atoms with van der Waals surface area (Å²) in [5.74, 6) is 0. The van der Waals surface area contributed by atoms with Crippen LogP contribution in [-0.4, -0.2) is 51.3 Å². The molecule has 0 aromatic heterocycles. The topological polar surface area (TPSA) is 92.9 Å². The number of rotatable bonds is 4. The highest BCUT2D eigenvalue weighted by Crippen LogP contribution is 2.18. The van der Waals surface area contributed by atoms with Crippen LogP contribution in [0.25, 0.3) is 0 Å². The third-order valence-electron chi connectivity index (χ3n) is 3.39. The number of benzene rings is 1. The van der Waals surface area contributed by atoms with E-state index in [0.29, 0.717) is 26.2 Å². The fourth-order valence-electron chi connectivity index (χ4n) is 2.24. The molecule has 1 aliphatic rings. The monoisotopic (exact) mass is 313 g/mol. The number of nitrogens with two attached hydrogens (primary N) is 1. The van der Waals surface area contributed by atoms with Crippen molar-refractivity contribution in [3.63, 3.8) is 0 Å². The first-order valence-corrected chi connectivity index (χ1v) is 8.42. The van der Waals surface area contributed by atoms with Crippen molar-refractivity contribution in [1.82, 2.24) is 4.31 Å². The number of piperazine rings is 1. The van der Waals surface area contributed by atoms with Gasteiger partial charge in [0.15, 0.2) is 0 Å². The number of amides is 1. The lowest BCUT2D eigenvalue weighted by Gasteiger charge is -2.34. The minimum atomic E-state index is -3.11. The van der Waals surface area contributed by atoms with Crippen molar-refractivity contribution in [1.29, 1.82) is 0 Å². The van der Waals surface area contributed by atoms with Gasteiger partial charge in [-0.2, -0.15) is 4.31 Å². The van der Waals surface area contributed by atoms with Crippen molar-refractivity contribution in [2.24, 2.45) is 5.73 Å². The standard InChI is InChI=1S/C13H19N3O4S/c1-21(18,19)16-8-6-15(7-9-16)12-4-2-11(3-5-12)10-20-13(14)17/h2-5H,6-10H2,1H3,(H2,14,17). The fourth-order valence-corrected chi connectivity index (χ4v) is 3.06. The van der Waals surface area contributed by atoms with Gasteiger partial charge in [-0.15, -0.1) is 0 Å². The molecular formula is C13H19N3O4S. The van der Waals surface area contributed by atoms with Gasteiger partial charge in [-0.05, 0) is 17.7 Å². The van der Waals surface area contributed by atoms with E-state index in [1.54, 1.807) is 0 Å². The Labute approximate surface area is 124 Å². The number of sulfonamides is 1. The number of carbonyl (C=O) groups is 1. The van der Waals surface area contributed by atoms with Crippen molar-refractivity contribution >= 4 is 21.8 Å². The number of hydrogen-bond donors (Lipinski definition) is 1. The number of carbonyl (C=O) groups excluding carboxylic acids is 1. The van der Waals surface area contributed by atoms with Gasteiger partial charge in [0.05, 0.1) is 6.26 Å². The van der Waals surface area contributed by atoms with E-state index >= 15 is 0 Å². The van der Waals surface area contributed by atoms with Crippen LogP contribution in [0.3, 0.4) is 0 Å². The zero-order chi connectivity index (χ0) is 15.5. The molecule has 1 heterocycles. The highest BCUT2D eigenvalue weighted by molar-refractivity contribution is 7.88. The Morgan fingerprint density at radius 2 is 1.76 bits per heavy atom. The van der Waals surface area contributed by atoms with E-state index in [4.69, 9.17) is 10.5 Å². The van der Waals surface area contributed by atoms with Crippen LogP contribution < -0.4 is 10.6 Å². The SMILES string of the molecule is CS(=O)(=O)N1CCN(c2ccc(COC(N)=O)cc2)CC1. The molecule has 1 aromatic rings. The molecule has 0 saturated carbocycles. The van der Waals surface area contributed by atoms with Crippen molar-refractivity contribution in [3.8, 4) is 0 Å². The lowest BCUT2D eigenvalue weighted by atomic mass is 10.2. The van der Waals surface area contributed by atoms with Crippen LogP contribution >= 0.6 is 0 Å². The maximum Gasteiger partial charge on any atom is 0.404 e. The Kier molecular flexibility index (Phi) is 4.69. The Hall–Kier alpha value is -1.80. The number of anilines is 1. The van der Waals surface area contributed by atoms with Crippen LogP contribution in [0.4, 0.5) is 10.5 Å². The summed E-state index contributed by atoms with van der Waals surface area (Å²) in [6.45, 7) is 2.45. The molecule has 21 heavy (non-hydrogen) atoms. The smallest absolute Gasteiger partial charge is 0.404 e. The molecule has 0 aliphatic carbocycles. The molecule has 1 aliphatic heterocycles. The average Bonchev–Trinajstić information content (AvgIpc) is 2.45. The van der Waals surface area contributed by atoms with Gasteiger partial charge >= 0.3 is 6.09 Å². The quantitative estimate of drug-likeness (QED) is 0.866. The Bertz CT molecular complexity index is 592. The first-order valence-electron chi connectivity index (χ1n) is 6.57. The van der Waals surface area contributed by atoms with Gasteiger partial charge < -0.3 is 15.4 Å². The first-order chi connectivity index (χ1) is 9.86. The number of hydrogen-bond acceptors (Lipinski definition) is 5. The predicted molar refractivity (Wildman–Crippen MR) is 79.4 cm³/mol. The fraction of sp³-hybridized carbons (Fsp3) is 0.462. The van der Waals surface area contributed by atoms with E-state index < -0.39 is 16.1 Å². The lowest BCUT2D eigenvalue weighted by Crippen LogP contribution is -2.48. The van der Waals surface area contributed by atoms with Crippen LogP contribution in [0.1, 0.15) is 5.56 Å². The number of primary amides is 1. The predicted octanol–water partition coefficient (Wildman–Crippen LogP) is 0.363. The second-order valence-electron chi connectivity index (χ2n) is 4.92. The molecule has 2 N–H and O–H groups in total. The van der Waals surface area contributed by atoms with E-state index in [-0.39, 0.29) is 6.61 Å². The average molecular weight is 313 g/mol. The van der Waals surface area contributed by atoms with Gasteiger partial charge in [0.2, 0.25) is 10.0 Å². The Morgan fingerprint density at radius 1 is 1.19 bits per heavy atom. The molecule has 0 spiro atoms. The molecule has 0 unspecified atom stereocenters. The maximum absolute atomic E-state index is 11.5. The van der Waals surface area contributed by atoms with E-state index in [1.807, 2.05) is 24.3 Å². The largest absolute Gasteiger partial charge is 0.445 e. The summed E-state index contributed by atoms with van der Waals surface area (Å²) in [6, 6.07) is 7.58. The summed E-state index contributed by atoms with van der Waals surface area (Å²) in [5.41, 5.74) is 6.79. The highest BCUT2D eigenvalue weighted by atomic mass is 32.2. The van der Waals surface area contributed by atoms with Crippen LogP contribution in [0.5, 0.6) is 0 Å². The van der Waals surface area contributed by atoms with Crippen molar-refractivity contribution in [2.75, 3.05) is 37.3 Å². The van der Waals surface area contributed by atoms with Crippen LogP contribution in [0.15, 0.2) is 24.3 Å². The molecule has 0 atom stereocenters. The first kappa shape index (κ1) is 15.6. The van der Waals surface area contributed by atoms with E-state index in [1.165, 1.54) is 10.6 Å². The second-order valence-corrected chi connectivity index (χ2v) is 6.91. The van der Waals surface area contributed by atoms with Gasteiger partial charge in [0, 0.05) is 31.9 Å². The minimum Gasteiger partial charge on any atom is -0.445 e. The Balaban J connectivity index is 1.93. The van der Waals surface area contributed by atoms with E-state index in [9.17, 15) is 13.2 Å². The van der Waals surface area contributed by atoms with Crippen molar-refractivity contribution < 1.29 is 17.9 Å². The van der Waals surface area contributed by atoms with Gasteiger partial charge in [0.1, 0.15) is 6.61 Å². The molecular weight excluding hydrogens is 294 g/mol. The third kappa shape index (κ3) is 4.33. The maximum atomic E-state index is 11.5.